The highest BCUT2D eigenvalue weighted by molar-refractivity contribution is 5.93. The molecule has 0 saturated carbocycles. The molecular weight excluding hydrogens is 235 g/mol. The van der Waals surface area contributed by atoms with Crippen LogP contribution in [-0.2, 0) is 6.18 Å². The van der Waals surface area contributed by atoms with E-state index in [0.29, 0.717) is 6.54 Å². The number of pyridine rings is 1. The normalized spacial score (nSPS) is 20.6. The topological polar surface area (TPSA) is 45.2 Å². The van der Waals surface area contributed by atoms with Crippen LogP contribution in [0.15, 0.2) is 18.3 Å². The molecule has 0 spiro atoms. The number of anilines is 1. The van der Waals surface area contributed by atoms with Gasteiger partial charge in [0.15, 0.2) is 0 Å². The largest absolute Gasteiger partial charge is 0.416 e. The third kappa shape index (κ3) is 2.32. The number of carbonyl (C=O) groups is 1. The summed E-state index contributed by atoms with van der Waals surface area (Å²) in [6, 6.07) is 1.22. The molecule has 1 atom stereocenters. The van der Waals surface area contributed by atoms with Crippen LogP contribution in [0.2, 0.25) is 0 Å². The second-order valence-electron chi connectivity index (χ2n) is 3.86. The van der Waals surface area contributed by atoms with Crippen molar-refractivity contribution in [1.29, 1.82) is 0 Å². The lowest BCUT2D eigenvalue weighted by Gasteiger charge is -2.15. The molecule has 1 fully saturated rings. The summed E-state index contributed by atoms with van der Waals surface area (Å²) in [6.07, 6.45) is -3.38. The molecule has 1 aromatic rings. The van der Waals surface area contributed by atoms with Crippen molar-refractivity contribution in [2.24, 2.45) is 0 Å². The highest BCUT2D eigenvalue weighted by Gasteiger charge is 2.33. The predicted octanol–water partition coefficient (Wildman–Crippen LogP) is 2.02. The maximum Gasteiger partial charge on any atom is 0.416 e. The fourth-order valence-corrected chi connectivity index (χ4v) is 1.63. The van der Waals surface area contributed by atoms with E-state index in [0.717, 1.165) is 18.3 Å². The van der Waals surface area contributed by atoms with Gasteiger partial charge in [0.05, 0.1) is 5.56 Å². The van der Waals surface area contributed by atoms with Crippen LogP contribution in [0, 0.1) is 0 Å². The Kier molecular flexibility index (Phi) is 2.68. The predicted molar refractivity (Wildman–Crippen MR) is 54.6 cm³/mol. The van der Waals surface area contributed by atoms with Crippen molar-refractivity contribution in [2.75, 3.05) is 11.4 Å². The zero-order chi connectivity index (χ0) is 12.6. The molecule has 1 unspecified atom stereocenters. The molecule has 4 nitrogen and oxygen atoms in total. The summed E-state index contributed by atoms with van der Waals surface area (Å²) in [7, 11) is 0. The Morgan fingerprint density at radius 2 is 2.24 bits per heavy atom. The summed E-state index contributed by atoms with van der Waals surface area (Å²) < 4.78 is 37.4. The number of urea groups is 1. The number of alkyl halides is 3. The Balaban J connectivity index is 2.31. The minimum absolute atomic E-state index is 0.0154. The van der Waals surface area contributed by atoms with Gasteiger partial charge in [-0.3, -0.25) is 4.90 Å². The number of carbonyl (C=O) groups excluding carboxylic acids is 1. The van der Waals surface area contributed by atoms with E-state index >= 15 is 0 Å². The Labute approximate surface area is 95.4 Å². The Hall–Kier alpha value is -1.79. The lowest BCUT2D eigenvalue weighted by Crippen LogP contribution is -2.29. The zero-order valence-corrected chi connectivity index (χ0v) is 8.95. The maximum atomic E-state index is 12.5. The molecule has 1 N–H and O–H groups in total. The van der Waals surface area contributed by atoms with E-state index in [2.05, 4.69) is 10.3 Å². The lowest BCUT2D eigenvalue weighted by molar-refractivity contribution is -0.137. The number of hydrogen-bond acceptors (Lipinski definition) is 2. The van der Waals surface area contributed by atoms with Crippen LogP contribution in [0.25, 0.3) is 0 Å². The average molecular weight is 245 g/mol. The number of hydrogen-bond donors (Lipinski definition) is 1. The first-order chi connectivity index (χ1) is 7.88. The van der Waals surface area contributed by atoms with Crippen molar-refractivity contribution >= 4 is 11.8 Å². The van der Waals surface area contributed by atoms with Crippen molar-refractivity contribution in [2.45, 2.75) is 19.1 Å². The van der Waals surface area contributed by atoms with Crippen molar-refractivity contribution in [3.63, 3.8) is 0 Å². The third-order valence-electron chi connectivity index (χ3n) is 2.42. The van der Waals surface area contributed by atoms with E-state index < -0.39 is 17.8 Å². The fourth-order valence-electron chi connectivity index (χ4n) is 1.63. The fraction of sp³-hybridized carbons (Fsp3) is 0.400. The van der Waals surface area contributed by atoms with Gasteiger partial charge in [0.2, 0.25) is 0 Å². The van der Waals surface area contributed by atoms with Crippen LogP contribution in [0.5, 0.6) is 0 Å². The van der Waals surface area contributed by atoms with Gasteiger partial charge in [0.25, 0.3) is 0 Å². The van der Waals surface area contributed by atoms with Gasteiger partial charge in [0.1, 0.15) is 5.82 Å². The Morgan fingerprint density at radius 3 is 2.76 bits per heavy atom. The molecule has 17 heavy (non-hydrogen) atoms. The summed E-state index contributed by atoms with van der Waals surface area (Å²) in [5, 5.41) is 2.59. The van der Waals surface area contributed by atoms with Gasteiger partial charge in [-0.25, -0.2) is 9.78 Å². The Morgan fingerprint density at radius 1 is 1.53 bits per heavy atom. The highest BCUT2D eigenvalue weighted by Crippen LogP contribution is 2.31. The average Bonchev–Trinajstić information content (AvgIpc) is 2.57. The van der Waals surface area contributed by atoms with Gasteiger partial charge >= 0.3 is 12.2 Å². The first kappa shape index (κ1) is 11.7. The number of nitrogens with one attached hydrogen (secondary N) is 1. The van der Waals surface area contributed by atoms with Crippen LogP contribution in [0.3, 0.4) is 0 Å². The molecule has 1 saturated heterocycles. The number of nitrogens with zero attached hydrogens (tertiary/aromatic N) is 2. The Bertz CT molecular complexity index is 447. The van der Waals surface area contributed by atoms with E-state index in [1.165, 1.54) is 4.90 Å². The van der Waals surface area contributed by atoms with E-state index in [9.17, 15) is 18.0 Å². The van der Waals surface area contributed by atoms with Gasteiger partial charge in [-0.05, 0) is 19.1 Å². The van der Waals surface area contributed by atoms with Crippen LogP contribution in [-0.4, -0.2) is 23.6 Å². The maximum absolute atomic E-state index is 12.5. The minimum atomic E-state index is -4.43. The van der Waals surface area contributed by atoms with Gasteiger partial charge in [-0.15, -0.1) is 0 Å². The number of halogens is 3. The summed E-state index contributed by atoms with van der Waals surface area (Å²) >= 11 is 0. The molecule has 0 bridgehead atoms. The molecule has 1 aromatic heterocycles. The first-order valence-corrected chi connectivity index (χ1v) is 4.99. The van der Waals surface area contributed by atoms with E-state index in [1.54, 1.807) is 6.92 Å². The number of amides is 2. The van der Waals surface area contributed by atoms with Gasteiger partial charge in [-0.2, -0.15) is 13.2 Å². The van der Waals surface area contributed by atoms with Crippen LogP contribution < -0.4 is 10.2 Å². The molecule has 0 radical (unpaired) electrons. The molecule has 2 amide bonds. The van der Waals surface area contributed by atoms with E-state index in [4.69, 9.17) is 0 Å². The summed E-state index contributed by atoms with van der Waals surface area (Å²) in [4.78, 5) is 16.4. The number of aromatic nitrogens is 1. The summed E-state index contributed by atoms with van der Waals surface area (Å²) in [5.41, 5.74) is -0.810. The van der Waals surface area contributed by atoms with Gasteiger partial charge in [0, 0.05) is 18.8 Å². The van der Waals surface area contributed by atoms with E-state index in [-0.39, 0.29) is 11.9 Å². The summed E-state index contributed by atoms with van der Waals surface area (Å²) in [5.74, 6) is 0.0154. The van der Waals surface area contributed by atoms with Gasteiger partial charge < -0.3 is 5.32 Å². The van der Waals surface area contributed by atoms with Crippen LogP contribution in [0.4, 0.5) is 23.8 Å². The molecule has 0 aliphatic carbocycles. The second-order valence-corrected chi connectivity index (χ2v) is 3.86. The van der Waals surface area contributed by atoms with E-state index in [1.807, 2.05) is 0 Å². The first-order valence-electron chi connectivity index (χ1n) is 4.99. The van der Waals surface area contributed by atoms with Crippen molar-refractivity contribution in [3.8, 4) is 0 Å². The highest BCUT2D eigenvalue weighted by atomic mass is 19.4. The molecule has 2 heterocycles. The SMILES string of the molecule is CC1CN(c2cc(C(F)(F)F)ccn2)C(=O)N1. The van der Waals surface area contributed by atoms with Crippen molar-refractivity contribution in [1.82, 2.24) is 10.3 Å². The molecular formula is C10H10F3N3O. The molecule has 92 valence electrons. The smallest absolute Gasteiger partial charge is 0.333 e. The monoisotopic (exact) mass is 245 g/mol. The minimum Gasteiger partial charge on any atom is -0.333 e. The molecule has 1 aliphatic rings. The second kappa shape index (κ2) is 3.90. The van der Waals surface area contributed by atoms with Crippen molar-refractivity contribution < 1.29 is 18.0 Å². The van der Waals surface area contributed by atoms with Gasteiger partial charge in [-0.1, -0.05) is 0 Å². The molecule has 1 aliphatic heterocycles. The standard InChI is InChI=1S/C10H10F3N3O/c1-6-5-16(9(17)15-6)8-4-7(2-3-14-8)10(11,12)13/h2-4,6H,5H2,1H3,(H,15,17). The van der Waals surface area contributed by atoms with Crippen molar-refractivity contribution in [3.05, 3.63) is 23.9 Å². The number of rotatable bonds is 1. The quantitative estimate of drug-likeness (QED) is 0.822. The van der Waals surface area contributed by atoms with Crippen LogP contribution in [0.1, 0.15) is 12.5 Å². The third-order valence-corrected chi connectivity index (χ3v) is 2.42. The molecule has 0 aromatic carbocycles. The van der Waals surface area contributed by atoms with Crippen LogP contribution >= 0.6 is 0 Å². The molecule has 2 rings (SSSR count). The molecule has 7 heteroatoms. The lowest BCUT2D eigenvalue weighted by atomic mass is 10.2. The zero-order valence-electron chi connectivity index (χ0n) is 8.95. The summed E-state index contributed by atoms with van der Waals surface area (Å²) in [6.45, 7) is 2.08.